The molecule has 1 heterocycles. The second-order valence-corrected chi connectivity index (χ2v) is 6.42. The summed E-state index contributed by atoms with van der Waals surface area (Å²) in [6.07, 6.45) is 5.42. The third-order valence-corrected chi connectivity index (χ3v) is 4.04. The fourth-order valence-corrected chi connectivity index (χ4v) is 2.73. The zero-order valence-electron chi connectivity index (χ0n) is 17.0. The van der Waals surface area contributed by atoms with E-state index in [1.807, 2.05) is 0 Å². The summed E-state index contributed by atoms with van der Waals surface area (Å²) in [5.41, 5.74) is -0.204. The highest BCUT2D eigenvalue weighted by Crippen LogP contribution is 2.26. The van der Waals surface area contributed by atoms with Gasteiger partial charge < -0.3 is 29.2 Å². The van der Waals surface area contributed by atoms with Gasteiger partial charge in [0.25, 0.3) is 0 Å². The number of allylic oxidation sites excluding steroid dienone is 2. The number of anilines is 1. The molecule has 0 bridgehead atoms. The Morgan fingerprint density at radius 1 is 1.00 bits per heavy atom. The number of hydrogen-bond acceptors (Lipinski definition) is 9. The molecule has 0 radical (unpaired) electrons. The molecule has 1 aliphatic heterocycles. The van der Waals surface area contributed by atoms with Crippen molar-refractivity contribution in [3.63, 3.8) is 0 Å². The van der Waals surface area contributed by atoms with E-state index < -0.39 is 25.0 Å². The largest absolute Gasteiger partial charge is 0.490 e. The van der Waals surface area contributed by atoms with Gasteiger partial charge in [-0.25, -0.2) is 14.4 Å². The topological polar surface area (TPSA) is 123 Å². The van der Waals surface area contributed by atoms with Crippen molar-refractivity contribution in [2.45, 2.75) is 20.0 Å². The average Bonchev–Trinajstić information content (AvgIpc) is 2.94. The first-order valence-corrected chi connectivity index (χ1v) is 8.97. The normalized spacial score (nSPS) is 13.2. The molecule has 158 valence electrons. The Bertz CT molecular complexity index is 933. The van der Waals surface area contributed by atoms with Crippen LogP contribution in [0, 0.1) is 0 Å². The van der Waals surface area contributed by atoms with Gasteiger partial charge in [-0.2, -0.15) is 0 Å². The molecule has 0 spiro atoms. The van der Waals surface area contributed by atoms with E-state index in [-0.39, 0.29) is 34.1 Å². The lowest BCUT2D eigenvalue weighted by Crippen LogP contribution is -2.37. The molecule has 0 unspecified atom stereocenters. The molecule has 1 aliphatic rings. The van der Waals surface area contributed by atoms with Crippen molar-refractivity contribution in [2.24, 2.45) is 0 Å². The van der Waals surface area contributed by atoms with Crippen LogP contribution in [0.15, 0.2) is 53.9 Å². The van der Waals surface area contributed by atoms with E-state index in [4.69, 9.17) is 14.2 Å². The highest BCUT2D eigenvalue weighted by molar-refractivity contribution is 6.60. The first-order chi connectivity index (χ1) is 14.2. The lowest BCUT2D eigenvalue weighted by atomic mass is 9.78. The summed E-state index contributed by atoms with van der Waals surface area (Å²) in [5, 5.41) is 19.7. The Hall–Kier alpha value is -3.37. The smallest absolute Gasteiger partial charge is 0.465 e. The molecular weight excluding hydrogens is 393 g/mol. The summed E-state index contributed by atoms with van der Waals surface area (Å²) in [7, 11) is 0.366. The zero-order valence-corrected chi connectivity index (χ0v) is 17.0. The lowest BCUT2D eigenvalue weighted by Gasteiger charge is -2.26. The highest BCUT2D eigenvalue weighted by Gasteiger charge is 2.31. The van der Waals surface area contributed by atoms with E-state index in [2.05, 4.69) is 0 Å². The minimum atomic E-state index is -1.93. The van der Waals surface area contributed by atoms with Crippen molar-refractivity contribution < 1.29 is 38.6 Å². The highest BCUT2D eigenvalue weighted by atomic mass is 16.5. The predicted octanol–water partition coefficient (Wildman–Crippen LogP) is 0.422. The number of benzene rings is 1. The van der Waals surface area contributed by atoms with Crippen LogP contribution in [-0.4, -0.2) is 55.4 Å². The summed E-state index contributed by atoms with van der Waals surface area (Å²) in [6.45, 7) is 3.38. The van der Waals surface area contributed by atoms with Gasteiger partial charge in [-0.05, 0) is 38.1 Å². The molecule has 10 heteroatoms. The Kier molecular flexibility index (Phi) is 7.57. The van der Waals surface area contributed by atoms with E-state index in [9.17, 15) is 24.4 Å². The van der Waals surface area contributed by atoms with Gasteiger partial charge in [0.05, 0.1) is 31.5 Å². The molecule has 0 saturated heterocycles. The van der Waals surface area contributed by atoms with Crippen LogP contribution in [0.25, 0.3) is 0 Å². The maximum Gasteiger partial charge on any atom is 0.490 e. The van der Waals surface area contributed by atoms with Crippen LogP contribution in [-0.2, 0) is 23.8 Å². The van der Waals surface area contributed by atoms with Gasteiger partial charge in [0, 0.05) is 17.4 Å². The number of carbonyl (C=O) groups is 3. The summed E-state index contributed by atoms with van der Waals surface area (Å²) in [5.74, 6) is -2.32. The molecule has 1 aromatic carbocycles. The number of nitrogens with zero attached hydrogens (tertiary/aromatic N) is 1. The van der Waals surface area contributed by atoms with Crippen molar-refractivity contribution in [3.05, 3.63) is 59.5 Å². The molecule has 0 saturated carbocycles. The quantitative estimate of drug-likeness (QED) is 0.387. The number of esters is 3. The van der Waals surface area contributed by atoms with Crippen LogP contribution in [0.1, 0.15) is 24.2 Å². The second kappa shape index (κ2) is 9.90. The molecule has 2 N–H and O–H groups in total. The minimum Gasteiger partial charge on any atom is -0.465 e. The maximum absolute atomic E-state index is 12.6. The third-order valence-electron chi connectivity index (χ3n) is 4.04. The monoisotopic (exact) mass is 415 g/mol. The van der Waals surface area contributed by atoms with Crippen molar-refractivity contribution in [2.75, 3.05) is 19.1 Å². The lowest BCUT2D eigenvalue weighted by molar-refractivity contribution is -0.139. The van der Waals surface area contributed by atoms with E-state index in [0.29, 0.717) is 0 Å². The molecule has 30 heavy (non-hydrogen) atoms. The molecule has 0 aromatic heterocycles. The Labute approximate surface area is 174 Å². The van der Waals surface area contributed by atoms with Gasteiger partial charge in [-0.1, -0.05) is 12.1 Å². The molecule has 0 aliphatic carbocycles. The summed E-state index contributed by atoms with van der Waals surface area (Å²) in [4.78, 5) is 38.4. The zero-order chi connectivity index (χ0) is 22.4. The first kappa shape index (κ1) is 22.9. The Morgan fingerprint density at radius 2 is 1.67 bits per heavy atom. The number of hydrogen-bond donors (Lipinski definition) is 2. The molecule has 9 nitrogen and oxygen atoms in total. The van der Waals surface area contributed by atoms with Crippen molar-refractivity contribution in [3.8, 4) is 0 Å². The summed E-state index contributed by atoms with van der Waals surface area (Å²) >= 11 is 0. The van der Waals surface area contributed by atoms with Gasteiger partial charge in [0.2, 0.25) is 0 Å². The fraction of sp³-hybridized carbons (Fsp3) is 0.250. The average molecular weight is 415 g/mol. The molecule has 0 atom stereocenters. The van der Waals surface area contributed by atoms with Crippen LogP contribution in [0.5, 0.6) is 0 Å². The number of ether oxygens (including phenoxy) is 3. The summed E-state index contributed by atoms with van der Waals surface area (Å²) in [6, 6.07) is 4.01. The molecular formula is C20H22BNO8. The predicted molar refractivity (Wildman–Crippen MR) is 109 cm³/mol. The minimum absolute atomic E-state index is 0.0201. The van der Waals surface area contributed by atoms with E-state index in [1.165, 1.54) is 47.5 Å². The van der Waals surface area contributed by atoms with Gasteiger partial charge >= 0.3 is 25.0 Å². The maximum atomic E-state index is 12.6. The van der Waals surface area contributed by atoms with Crippen LogP contribution >= 0.6 is 0 Å². The molecule has 0 amide bonds. The molecule has 1 aromatic rings. The van der Waals surface area contributed by atoms with Crippen LogP contribution in [0.3, 0.4) is 0 Å². The Morgan fingerprint density at radius 3 is 2.23 bits per heavy atom. The summed E-state index contributed by atoms with van der Waals surface area (Å²) < 4.78 is 14.8. The van der Waals surface area contributed by atoms with Crippen LogP contribution < -0.4 is 10.4 Å². The Balaban J connectivity index is 2.75. The van der Waals surface area contributed by atoms with Crippen molar-refractivity contribution >= 4 is 36.2 Å². The third kappa shape index (κ3) is 4.97. The number of carbonyl (C=O) groups excluding carboxylic acids is 3. The standard InChI is InChI=1S/C20H22BNO8/c1-12(2)30-18(23)13-8-9-15(21(26)27)16(11-13)22-10-6-5-7-14(19(24)28-3)17(22)20(25)29-4/h5-12,26-27H,1-4H3. The molecule has 0 fully saturated rings. The SMILES string of the molecule is COC(=O)C1=C(C(=O)OC)N(c2cc(C(=O)OC(C)C)ccc2B(O)O)C=CC=C1. The van der Waals surface area contributed by atoms with Gasteiger partial charge in [-0.15, -0.1) is 0 Å². The van der Waals surface area contributed by atoms with Crippen molar-refractivity contribution in [1.29, 1.82) is 0 Å². The van der Waals surface area contributed by atoms with Gasteiger partial charge in [0.15, 0.2) is 0 Å². The molecule has 2 rings (SSSR count). The number of methoxy groups -OCH3 is 2. The second-order valence-electron chi connectivity index (χ2n) is 6.42. The van der Waals surface area contributed by atoms with Gasteiger partial charge in [0.1, 0.15) is 5.70 Å². The first-order valence-electron chi connectivity index (χ1n) is 8.97. The van der Waals surface area contributed by atoms with E-state index >= 15 is 0 Å². The van der Waals surface area contributed by atoms with Crippen molar-refractivity contribution in [1.82, 2.24) is 0 Å². The van der Waals surface area contributed by atoms with E-state index in [1.54, 1.807) is 13.8 Å². The van der Waals surface area contributed by atoms with Crippen LogP contribution in [0.2, 0.25) is 0 Å². The fourth-order valence-electron chi connectivity index (χ4n) is 2.73. The van der Waals surface area contributed by atoms with E-state index in [0.717, 1.165) is 14.2 Å². The van der Waals surface area contributed by atoms with Gasteiger partial charge in [-0.3, -0.25) is 0 Å². The van der Waals surface area contributed by atoms with Crippen LogP contribution in [0.4, 0.5) is 5.69 Å². The number of rotatable bonds is 6.